The predicted molar refractivity (Wildman–Crippen MR) is 153 cm³/mol. The Labute approximate surface area is 231 Å². The highest BCUT2D eigenvalue weighted by molar-refractivity contribution is 5.92. The van der Waals surface area contributed by atoms with Gasteiger partial charge >= 0.3 is 11.9 Å². The molecule has 4 aromatic carbocycles. The fourth-order valence-electron chi connectivity index (χ4n) is 5.09. The van der Waals surface area contributed by atoms with E-state index in [2.05, 4.69) is 40.2 Å². The number of allylic oxidation sites excluding steroid dienone is 1. The number of nitrogens with zero attached hydrogens (tertiary/aromatic N) is 2. The highest BCUT2D eigenvalue weighted by Crippen LogP contribution is 2.31. The first-order valence-electron chi connectivity index (χ1n) is 13.2. The number of hydrogen-bond donors (Lipinski definition) is 0. The molecule has 2 aliphatic rings. The lowest BCUT2D eigenvalue weighted by Gasteiger charge is -2.38. The zero-order valence-electron chi connectivity index (χ0n) is 21.8. The number of carbonyl (C=O) groups is 2. The van der Waals surface area contributed by atoms with Crippen molar-refractivity contribution in [1.29, 1.82) is 0 Å². The summed E-state index contributed by atoms with van der Waals surface area (Å²) in [6, 6.07) is 25.6. The number of hydrogen-bond acceptors (Lipinski definition) is 6. The molecule has 40 heavy (non-hydrogen) atoms. The Morgan fingerprint density at radius 2 is 1.32 bits per heavy atom. The largest absolute Gasteiger partial charge is 0.423 e. The number of rotatable bonds is 6. The molecule has 0 unspecified atom stereocenters. The van der Waals surface area contributed by atoms with Crippen molar-refractivity contribution in [3.63, 3.8) is 0 Å². The van der Waals surface area contributed by atoms with Gasteiger partial charge in [-0.1, -0.05) is 36.4 Å². The van der Waals surface area contributed by atoms with Gasteiger partial charge in [0.1, 0.15) is 17.3 Å². The van der Waals surface area contributed by atoms with Gasteiger partial charge in [0.2, 0.25) is 0 Å². The van der Waals surface area contributed by atoms with Crippen molar-refractivity contribution in [1.82, 2.24) is 0 Å². The Balaban J connectivity index is 1.03. The van der Waals surface area contributed by atoms with Gasteiger partial charge in [0, 0.05) is 43.1 Å². The molecule has 1 heterocycles. The second-order valence-corrected chi connectivity index (χ2v) is 9.71. The first kappa shape index (κ1) is 25.4. The molecule has 0 radical (unpaired) electrons. The van der Waals surface area contributed by atoms with Crippen molar-refractivity contribution in [2.24, 2.45) is 0 Å². The minimum absolute atomic E-state index is 0.159. The van der Waals surface area contributed by atoms with Crippen LogP contribution in [0.15, 0.2) is 97.1 Å². The smallest absolute Gasteiger partial charge is 0.346 e. The number of ether oxygens (including phenoxy) is 2. The summed E-state index contributed by atoms with van der Waals surface area (Å²) < 4.78 is 24.6. The van der Waals surface area contributed by atoms with Crippen molar-refractivity contribution in [2.75, 3.05) is 36.0 Å². The molecule has 0 atom stereocenters. The minimum Gasteiger partial charge on any atom is -0.423 e. The number of esters is 2. The number of benzene rings is 4. The van der Waals surface area contributed by atoms with E-state index in [1.54, 1.807) is 18.2 Å². The standard InChI is InChI=1S/C33H27FN2O4/c34-30-9-2-1-7-29(30)33(38)40-26-15-11-24(12-16-26)32(37)39-27-17-13-25(14-18-27)35-19-21-36(22-20-35)31-10-4-6-23-5-3-8-28(23)31/h1-4,6-18H,5,19-22H2. The van der Waals surface area contributed by atoms with Gasteiger partial charge in [-0.05, 0) is 78.7 Å². The Kier molecular flexibility index (Phi) is 7.02. The number of halogens is 1. The topological polar surface area (TPSA) is 59.1 Å². The molecule has 0 N–H and O–H groups in total. The van der Waals surface area contributed by atoms with Crippen LogP contribution in [0.5, 0.6) is 11.5 Å². The highest BCUT2D eigenvalue weighted by Gasteiger charge is 2.21. The average Bonchev–Trinajstić information content (AvgIpc) is 3.48. The molecule has 0 amide bonds. The van der Waals surface area contributed by atoms with Crippen molar-refractivity contribution < 1.29 is 23.5 Å². The third-order valence-electron chi connectivity index (χ3n) is 7.22. The second kappa shape index (κ2) is 11.1. The summed E-state index contributed by atoms with van der Waals surface area (Å²) in [4.78, 5) is 29.6. The molecule has 0 bridgehead atoms. The van der Waals surface area contributed by atoms with Crippen molar-refractivity contribution in [2.45, 2.75) is 6.42 Å². The van der Waals surface area contributed by atoms with Crippen LogP contribution in [0.3, 0.4) is 0 Å². The monoisotopic (exact) mass is 534 g/mol. The lowest BCUT2D eigenvalue weighted by Crippen LogP contribution is -2.46. The summed E-state index contributed by atoms with van der Waals surface area (Å²) in [5.41, 5.74) is 5.27. The maximum atomic E-state index is 13.8. The first-order chi connectivity index (χ1) is 19.5. The van der Waals surface area contributed by atoms with Gasteiger partial charge in [-0.2, -0.15) is 0 Å². The number of piperazine rings is 1. The molecule has 1 fully saturated rings. The third kappa shape index (κ3) is 5.31. The van der Waals surface area contributed by atoms with E-state index < -0.39 is 17.8 Å². The van der Waals surface area contributed by atoms with E-state index in [0.717, 1.165) is 38.3 Å². The quantitative estimate of drug-likeness (QED) is 0.218. The van der Waals surface area contributed by atoms with Crippen molar-refractivity contribution >= 4 is 29.4 Å². The molecule has 200 valence electrons. The molecule has 1 aliphatic heterocycles. The van der Waals surface area contributed by atoms with E-state index >= 15 is 0 Å². The van der Waals surface area contributed by atoms with E-state index in [-0.39, 0.29) is 11.3 Å². The highest BCUT2D eigenvalue weighted by atomic mass is 19.1. The Morgan fingerprint density at radius 3 is 2.05 bits per heavy atom. The van der Waals surface area contributed by atoms with Crippen LogP contribution < -0.4 is 19.3 Å². The van der Waals surface area contributed by atoms with Gasteiger partial charge in [-0.3, -0.25) is 0 Å². The summed E-state index contributed by atoms with van der Waals surface area (Å²) in [5, 5.41) is 0. The summed E-state index contributed by atoms with van der Waals surface area (Å²) in [5.74, 6) is -1.36. The van der Waals surface area contributed by atoms with Crippen LogP contribution in [-0.4, -0.2) is 38.1 Å². The SMILES string of the molecule is O=C(Oc1ccc(N2CCN(c3cccc4c3C=CC4)CC2)cc1)c1ccc(OC(=O)c2ccccc2F)cc1. The maximum absolute atomic E-state index is 13.8. The summed E-state index contributed by atoms with van der Waals surface area (Å²) in [7, 11) is 0. The fraction of sp³-hybridized carbons (Fsp3) is 0.152. The third-order valence-corrected chi connectivity index (χ3v) is 7.22. The van der Waals surface area contributed by atoms with Gasteiger partial charge < -0.3 is 19.3 Å². The van der Waals surface area contributed by atoms with Crippen LogP contribution in [0.4, 0.5) is 15.8 Å². The average molecular weight is 535 g/mol. The van der Waals surface area contributed by atoms with Crippen molar-refractivity contribution in [3.05, 3.63) is 125 Å². The van der Waals surface area contributed by atoms with Gasteiger partial charge in [0.25, 0.3) is 0 Å². The van der Waals surface area contributed by atoms with Gasteiger partial charge in [0.15, 0.2) is 0 Å². The zero-order chi connectivity index (χ0) is 27.5. The van der Waals surface area contributed by atoms with E-state index in [1.165, 1.54) is 59.3 Å². The summed E-state index contributed by atoms with van der Waals surface area (Å²) in [6.07, 6.45) is 5.47. The number of carbonyl (C=O) groups excluding carboxylic acids is 2. The molecule has 1 aliphatic carbocycles. The Morgan fingerprint density at radius 1 is 0.675 bits per heavy atom. The van der Waals surface area contributed by atoms with E-state index in [0.29, 0.717) is 11.3 Å². The molecule has 6 rings (SSSR count). The number of fused-ring (bicyclic) bond motifs is 1. The van der Waals surface area contributed by atoms with Gasteiger partial charge in [0.05, 0.1) is 11.1 Å². The molecule has 0 saturated carbocycles. The fourth-order valence-corrected chi connectivity index (χ4v) is 5.09. The molecule has 0 spiro atoms. The number of anilines is 2. The van der Waals surface area contributed by atoms with Gasteiger partial charge in [-0.15, -0.1) is 0 Å². The van der Waals surface area contributed by atoms with Crippen LogP contribution in [0, 0.1) is 5.82 Å². The molecule has 6 nitrogen and oxygen atoms in total. The molecule has 1 saturated heterocycles. The van der Waals surface area contributed by atoms with E-state index in [9.17, 15) is 14.0 Å². The molecule has 7 heteroatoms. The summed E-state index contributed by atoms with van der Waals surface area (Å²) in [6.45, 7) is 3.68. The van der Waals surface area contributed by atoms with Crippen LogP contribution in [0.25, 0.3) is 6.08 Å². The second-order valence-electron chi connectivity index (χ2n) is 9.71. The molecule has 4 aromatic rings. The van der Waals surface area contributed by atoms with E-state index in [4.69, 9.17) is 9.47 Å². The predicted octanol–water partition coefficient (Wildman–Crippen LogP) is 6.16. The van der Waals surface area contributed by atoms with Crippen molar-refractivity contribution in [3.8, 4) is 11.5 Å². The normalized spacial score (nSPS) is 14.1. The minimum atomic E-state index is -0.810. The maximum Gasteiger partial charge on any atom is 0.346 e. The lowest BCUT2D eigenvalue weighted by molar-refractivity contribution is 0.0727. The zero-order valence-corrected chi connectivity index (χ0v) is 21.8. The Hall–Kier alpha value is -4.91. The van der Waals surface area contributed by atoms with Gasteiger partial charge in [-0.25, -0.2) is 14.0 Å². The molecular weight excluding hydrogens is 507 g/mol. The first-order valence-corrected chi connectivity index (χ1v) is 13.2. The van der Waals surface area contributed by atoms with Crippen LogP contribution >= 0.6 is 0 Å². The molecule has 0 aromatic heterocycles. The molecular formula is C33H27FN2O4. The lowest BCUT2D eigenvalue weighted by atomic mass is 10.1. The van der Waals surface area contributed by atoms with Crippen LogP contribution in [0.2, 0.25) is 0 Å². The van der Waals surface area contributed by atoms with Crippen LogP contribution in [-0.2, 0) is 6.42 Å². The van der Waals surface area contributed by atoms with Crippen LogP contribution in [0.1, 0.15) is 31.8 Å². The van der Waals surface area contributed by atoms with E-state index in [1.807, 2.05) is 12.1 Å². The Bertz CT molecular complexity index is 1570. The summed E-state index contributed by atoms with van der Waals surface area (Å²) >= 11 is 0.